The summed E-state index contributed by atoms with van der Waals surface area (Å²) in [6.45, 7) is 0.589. The van der Waals surface area contributed by atoms with Gasteiger partial charge in [0, 0.05) is 28.5 Å². The van der Waals surface area contributed by atoms with Crippen molar-refractivity contribution in [2.75, 3.05) is 26.4 Å². The molecular weight excluding hydrogens is 308 g/mol. The van der Waals surface area contributed by atoms with Gasteiger partial charge in [-0.25, -0.2) is 0 Å². The number of hydrogen-bond donors (Lipinski definition) is 1. The maximum Gasteiger partial charge on any atom is 0.187 e. The molecule has 0 aromatic heterocycles. The number of dihydropyridines is 1. The van der Waals surface area contributed by atoms with Gasteiger partial charge in [-0.2, -0.15) is 5.26 Å². The van der Waals surface area contributed by atoms with Gasteiger partial charge in [0.15, 0.2) is 11.6 Å². The molecule has 24 heavy (non-hydrogen) atoms. The summed E-state index contributed by atoms with van der Waals surface area (Å²) in [4.78, 5) is 25.0. The summed E-state index contributed by atoms with van der Waals surface area (Å²) in [6.07, 6.45) is 0. The minimum atomic E-state index is -0.475. The maximum atomic E-state index is 12.5. The van der Waals surface area contributed by atoms with Crippen LogP contribution in [0.3, 0.4) is 0 Å². The normalized spacial score (nSPS) is 21.1. The molecule has 3 aliphatic heterocycles. The van der Waals surface area contributed by atoms with E-state index < -0.39 is 5.92 Å². The summed E-state index contributed by atoms with van der Waals surface area (Å²) in [6, 6.07) is 9.15. The Morgan fingerprint density at radius 2 is 1.62 bits per heavy atom. The van der Waals surface area contributed by atoms with Gasteiger partial charge in [0.2, 0.25) is 0 Å². The summed E-state index contributed by atoms with van der Waals surface area (Å²) < 4.78 is 10.6. The van der Waals surface area contributed by atoms with Gasteiger partial charge in [-0.15, -0.1) is 0 Å². The molecule has 3 aliphatic rings. The second-order valence-electron chi connectivity index (χ2n) is 5.91. The highest BCUT2D eigenvalue weighted by Crippen LogP contribution is 2.41. The lowest BCUT2D eigenvalue weighted by molar-refractivity contribution is -0.122. The highest BCUT2D eigenvalue weighted by molar-refractivity contribution is 6.07. The molecular formula is C18H14N2O4. The number of rotatable bonds is 1. The van der Waals surface area contributed by atoms with Gasteiger partial charge in [0.25, 0.3) is 0 Å². The Morgan fingerprint density at radius 3 is 2.21 bits per heavy atom. The average molecular weight is 322 g/mol. The highest BCUT2D eigenvalue weighted by Gasteiger charge is 2.40. The third-order valence-corrected chi connectivity index (χ3v) is 4.44. The molecule has 0 saturated carbocycles. The fraction of sp³-hybridized carbons (Fsp3) is 0.278. The number of carbonyl (C=O) groups is 2. The number of nitrogens with one attached hydrogen (secondary N) is 1. The molecule has 0 amide bonds. The summed E-state index contributed by atoms with van der Waals surface area (Å²) in [5, 5.41) is 12.3. The third kappa shape index (κ3) is 2.26. The minimum absolute atomic E-state index is 0.00224. The van der Waals surface area contributed by atoms with Crippen molar-refractivity contribution in [3.8, 4) is 6.07 Å². The zero-order valence-corrected chi connectivity index (χ0v) is 12.8. The van der Waals surface area contributed by atoms with Crippen molar-refractivity contribution in [2.45, 2.75) is 5.92 Å². The molecule has 0 unspecified atom stereocenters. The number of ketones is 2. The Labute approximate surface area is 138 Å². The molecule has 0 saturated heterocycles. The smallest absolute Gasteiger partial charge is 0.187 e. The fourth-order valence-electron chi connectivity index (χ4n) is 3.46. The summed E-state index contributed by atoms with van der Waals surface area (Å²) in [5.41, 5.74) is 3.73. The number of nitrogens with zero attached hydrogens (tertiary/aromatic N) is 1. The van der Waals surface area contributed by atoms with E-state index in [0.717, 1.165) is 5.56 Å². The molecule has 0 atom stereocenters. The maximum absolute atomic E-state index is 12.5. The molecule has 0 radical (unpaired) electrons. The summed E-state index contributed by atoms with van der Waals surface area (Å²) in [5.74, 6) is -0.749. The number of nitriles is 1. The van der Waals surface area contributed by atoms with Gasteiger partial charge in [-0.05, 0) is 17.7 Å². The van der Waals surface area contributed by atoms with Crippen molar-refractivity contribution < 1.29 is 19.1 Å². The number of benzene rings is 1. The fourth-order valence-corrected chi connectivity index (χ4v) is 3.46. The molecule has 6 nitrogen and oxygen atoms in total. The van der Waals surface area contributed by atoms with E-state index in [1.165, 1.54) is 0 Å². The summed E-state index contributed by atoms with van der Waals surface area (Å²) in [7, 11) is 0. The Morgan fingerprint density at radius 1 is 1.00 bits per heavy atom. The summed E-state index contributed by atoms with van der Waals surface area (Å²) >= 11 is 0. The van der Waals surface area contributed by atoms with Crippen LogP contribution in [0.5, 0.6) is 0 Å². The SMILES string of the molecule is N#Cc1cccc(C2C3=C(COCC3=O)NC3=C2C(=O)COC3)c1. The number of Topliss-reactive ketones (excluding diaryl/α,β-unsaturated/α-hetero) is 2. The van der Waals surface area contributed by atoms with Crippen LogP contribution >= 0.6 is 0 Å². The first-order chi connectivity index (χ1) is 11.7. The average Bonchev–Trinajstić information content (AvgIpc) is 2.60. The van der Waals surface area contributed by atoms with Crippen molar-refractivity contribution in [3.05, 3.63) is 57.9 Å². The first-order valence-electron chi connectivity index (χ1n) is 7.64. The number of carbonyl (C=O) groups excluding carboxylic acids is 2. The van der Waals surface area contributed by atoms with E-state index in [4.69, 9.17) is 14.7 Å². The Balaban J connectivity index is 1.92. The van der Waals surface area contributed by atoms with Gasteiger partial charge < -0.3 is 14.8 Å². The lowest BCUT2D eigenvalue weighted by Gasteiger charge is -2.36. The van der Waals surface area contributed by atoms with Crippen molar-refractivity contribution in [2.24, 2.45) is 0 Å². The minimum Gasteiger partial charge on any atom is -0.367 e. The van der Waals surface area contributed by atoms with Crippen molar-refractivity contribution >= 4 is 11.6 Å². The van der Waals surface area contributed by atoms with Crippen molar-refractivity contribution in [1.82, 2.24) is 5.32 Å². The van der Waals surface area contributed by atoms with Gasteiger partial charge in [-0.1, -0.05) is 12.1 Å². The van der Waals surface area contributed by atoms with Gasteiger partial charge >= 0.3 is 0 Å². The largest absolute Gasteiger partial charge is 0.367 e. The Bertz CT molecular complexity index is 818. The molecule has 1 N–H and O–H groups in total. The van der Waals surface area contributed by atoms with Crippen LogP contribution in [0, 0.1) is 11.3 Å². The predicted molar refractivity (Wildman–Crippen MR) is 82.7 cm³/mol. The van der Waals surface area contributed by atoms with Crippen LogP contribution in [0.25, 0.3) is 0 Å². The molecule has 3 heterocycles. The topological polar surface area (TPSA) is 88.4 Å². The van der Waals surface area contributed by atoms with Crippen LogP contribution in [0.4, 0.5) is 0 Å². The highest BCUT2D eigenvalue weighted by atomic mass is 16.5. The predicted octanol–water partition coefficient (Wildman–Crippen LogP) is 0.952. The van der Waals surface area contributed by atoms with E-state index in [0.29, 0.717) is 41.3 Å². The van der Waals surface area contributed by atoms with Gasteiger partial charge in [0.1, 0.15) is 13.2 Å². The van der Waals surface area contributed by atoms with Crippen LogP contribution in [0.2, 0.25) is 0 Å². The van der Waals surface area contributed by atoms with Gasteiger partial charge in [0.05, 0.1) is 24.8 Å². The molecule has 0 aliphatic carbocycles. The van der Waals surface area contributed by atoms with E-state index in [1.807, 2.05) is 6.07 Å². The van der Waals surface area contributed by atoms with E-state index in [9.17, 15) is 9.59 Å². The third-order valence-electron chi connectivity index (χ3n) is 4.44. The zero-order chi connectivity index (χ0) is 16.7. The lowest BCUT2D eigenvalue weighted by atomic mass is 9.76. The van der Waals surface area contributed by atoms with E-state index >= 15 is 0 Å². The molecule has 1 aromatic rings. The molecule has 0 bridgehead atoms. The van der Waals surface area contributed by atoms with Crippen molar-refractivity contribution in [1.29, 1.82) is 5.26 Å². The number of ether oxygens (including phenoxy) is 2. The molecule has 0 fully saturated rings. The second-order valence-corrected chi connectivity index (χ2v) is 5.91. The first kappa shape index (κ1) is 14.8. The zero-order valence-electron chi connectivity index (χ0n) is 12.8. The van der Waals surface area contributed by atoms with Gasteiger partial charge in [-0.3, -0.25) is 9.59 Å². The van der Waals surface area contributed by atoms with E-state index in [-0.39, 0.29) is 24.8 Å². The van der Waals surface area contributed by atoms with Crippen LogP contribution in [-0.2, 0) is 19.1 Å². The van der Waals surface area contributed by atoms with Crippen LogP contribution in [-0.4, -0.2) is 38.0 Å². The van der Waals surface area contributed by atoms with E-state index in [1.54, 1.807) is 18.2 Å². The first-order valence-corrected chi connectivity index (χ1v) is 7.64. The van der Waals surface area contributed by atoms with Crippen molar-refractivity contribution in [3.63, 3.8) is 0 Å². The molecule has 1 aromatic carbocycles. The van der Waals surface area contributed by atoms with Crippen LogP contribution in [0.1, 0.15) is 17.0 Å². The lowest BCUT2D eigenvalue weighted by Crippen LogP contribution is -2.42. The number of hydrogen-bond acceptors (Lipinski definition) is 6. The molecule has 4 rings (SSSR count). The molecule has 0 spiro atoms. The molecule has 120 valence electrons. The molecule has 6 heteroatoms. The monoisotopic (exact) mass is 322 g/mol. The second kappa shape index (κ2) is 5.71. The van der Waals surface area contributed by atoms with Crippen LogP contribution < -0.4 is 5.32 Å². The Kier molecular flexibility index (Phi) is 3.53. The van der Waals surface area contributed by atoms with Crippen LogP contribution in [0.15, 0.2) is 46.8 Å². The Hall–Kier alpha value is -2.75. The quantitative estimate of drug-likeness (QED) is 0.828. The standard InChI is InChI=1S/C18H14N2O4/c19-5-10-2-1-3-11(4-10)16-17-12(6-23-8-14(17)21)20-13-7-24-9-15(22)18(13)16/h1-4,16,20H,6-9H2. The van der Waals surface area contributed by atoms with E-state index in [2.05, 4.69) is 11.4 Å².